The predicted octanol–water partition coefficient (Wildman–Crippen LogP) is 1.27. The first kappa shape index (κ1) is 10.5. The predicted molar refractivity (Wildman–Crippen MR) is 62.0 cm³/mol. The van der Waals surface area contributed by atoms with E-state index >= 15 is 0 Å². The average molecular weight is 231 g/mol. The number of hydrogen-bond donors (Lipinski definition) is 1. The molecule has 4 heteroatoms. The maximum absolute atomic E-state index is 12.3. The largest absolute Gasteiger partial charge is 0.337 e. The number of nitrogens with one attached hydrogen (secondary N) is 1. The molecule has 0 unspecified atom stereocenters. The monoisotopic (exact) mass is 231 g/mol. The summed E-state index contributed by atoms with van der Waals surface area (Å²) in [5, 5.41) is 3.13. The van der Waals surface area contributed by atoms with E-state index in [4.69, 9.17) is 9.78 Å². The number of Topliss-reactive ketones (excluding diaryl/α,β-unsaturated/α-hetero) is 1. The van der Waals surface area contributed by atoms with Crippen LogP contribution in [0.25, 0.3) is 0 Å². The molecule has 88 valence electrons. The minimum atomic E-state index is 0.0948. The van der Waals surface area contributed by atoms with Crippen molar-refractivity contribution in [3.63, 3.8) is 0 Å². The van der Waals surface area contributed by atoms with Crippen molar-refractivity contribution in [3.05, 3.63) is 41.0 Å². The van der Waals surface area contributed by atoms with Gasteiger partial charge in [0.2, 0.25) is 0 Å². The van der Waals surface area contributed by atoms with E-state index in [0.717, 1.165) is 29.7 Å². The van der Waals surface area contributed by atoms with Gasteiger partial charge in [0.05, 0.1) is 6.61 Å². The molecule has 1 aromatic carbocycles. The van der Waals surface area contributed by atoms with Crippen molar-refractivity contribution in [2.75, 3.05) is 19.7 Å². The Morgan fingerprint density at radius 2 is 2.29 bits per heavy atom. The molecule has 2 aliphatic rings. The molecule has 17 heavy (non-hydrogen) atoms. The number of carbonyl (C=O) groups is 1. The lowest BCUT2D eigenvalue weighted by molar-refractivity contribution is -0.215. The zero-order valence-corrected chi connectivity index (χ0v) is 9.36. The maximum atomic E-state index is 12.3. The van der Waals surface area contributed by atoms with Gasteiger partial charge >= 0.3 is 0 Å². The van der Waals surface area contributed by atoms with Crippen LogP contribution in [0, 0.1) is 0 Å². The first-order valence-corrected chi connectivity index (χ1v) is 5.72. The molecule has 1 N–H and O–H groups in total. The average Bonchev–Trinajstić information content (AvgIpc) is 2.91. The van der Waals surface area contributed by atoms with Gasteiger partial charge in [-0.25, -0.2) is 0 Å². The Balaban J connectivity index is 1.99. The summed E-state index contributed by atoms with van der Waals surface area (Å²) in [5.74, 6) is 0.756. The summed E-state index contributed by atoms with van der Waals surface area (Å²) in [6, 6.07) is 5.51. The third-order valence-corrected chi connectivity index (χ3v) is 3.06. The number of carbonyl (C=O) groups excluding carboxylic acids is 1. The van der Waals surface area contributed by atoms with Gasteiger partial charge in [0.25, 0.3) is 0 Å². The zero-order chi connectivity index (χ0) is 11.7. The van der Waals surface area contributed by atoms with Crippen LogP contribution in [0.15, 0.2) is 29.8 Å². The van der Waals surface area contributed by atoms with Crippen LogP contribution in [-0.2, 0) is 11.3 Å². The van der Waals surface area contributed by atoms with Crippen LogP contribution in [0.4, 0.5) is 0 Å². The van der Waals surface area contributed by atoms with E-state index in [1.165, 1.54) is 0 Å². The molecule has 0 fully saturated rings. The molecule has 0 bridgehead atoms. The van der Waals surface area contributed by atoms with Crippen LogP contribution < -0.4 is 10.2 Å². The van der Waals surface area contributed by atoms with E-state index in [1.54, 1.807) is 0 Å². The zero-order valence-electron chi connectivity index (χ0n) is 9.36. The summed E-state index contributed by atoms with van der Waals surface area (Å²) >= 11 is 0. The van der Waals surface area contributed by atoms with Crippen LogP contribution in [0.5, 0.6) is 5.75 Å². The number of rotatable bonds is 2. The number of hydrogen-bond acceptors (Lipinski definition) is 4. The van der Waals surface area contributed by atoms with Crippen molar-refractivity contribution in [1.82, 2.24) is 5.32 Å². The molecule has 0 radical (unpaired) electrons. The quantitative estimate of drug-likeness (QED) is 0.615. The Morgan fingerprint density at radius 1 is 1.35 bits per heavy atom. The topological polar surface area (TPSA) is 47.6 Å². The molecule has 0 amide bonds. The van der Waals surface area contributed by atoms with Gasteiger partial charge in [-0.05, 0) is 6.07 Å². The van der Waals surface area contributed by atoms with Gasteiger partial charge in [-0.2, -0.15) is 4.89 Å². The molecule has 4 nitrogen and oxygen atoms in total. The van der Waals surface area contributed by atoms with Crippen LogP contribution in [0.2, 0.25) is 0 Å². The number of benzene rings is 1. The molecule has 0 aliphatic carbocycles. The molecule has 1 aromatic rings. The smallest absolute Gasteiger partial charge is 0.190 e. The minimum absolute atomic E-state index is 0.0948. The summed E-state index contributed by atoms with van der Waals surface area (Å²) in [4.78, 5) is 22.3. The van der Waals surface area contributed by atoms with Crippen molar-refractivity contribution >= 4 is 5.78 Å². The molecule has 2 aliphatic heterocycles. The Morgan fingerprint density at radius 3 is 3.12 bits per heavy atom. The van der Waals surface area contributed by atoms with Gasteiger partial charge in [0.1, 0.15) is 0 Å². The highest BCUT2D eigenvalue weighted by molar-refractivity contribution is 6.10. The Bertz CT molecular complexity index is 493. The van der Waals surface area contributed by atoms with Gasteiger partial charge in [0.15, 0.2) is 11.5 Å². The van der Waals surface area contributed by atoms with E-state index in [1.807, 2.05) is 24.3 Å². The maximum Gasteiger partial charge on any atom is 0.190 e. The van der Waals surface area contributed by atoms with E-state index in [-0.39, 0.29) is 5.78 Å². The Kier molecular flexibility index (Phi) is 2.66. The lowest BCUT2D eigenvalue weighted by Gasteiger charge is -2.18. The lowest BCUT2D eigenvalue weighted by Crippen LogP contribution is -2.18. The minimum Gasteiger partial charge on any atom is -0.337 e. The van der Waals surface area contributed by atoms with Crippen molar-refractivity contribution in [3.8, 4) is 5.75 Å². The molecular weight excluding hydrogens is 218 g/mol. The van der Waals surface area contributed by atoms with Crippen LogP contribution in [0.1, 0.15) is 15.9 Å². The molecule has 0 spiro atoms. The van der Waals surface area contributed by atoms with Crippen LogP contribution in [0.3, 0.4) is 0 Å². The van der Waals surface area contributed by atoms with Gasteiger partial charge in [-0.1, -0.05) is 18.2 Å². The van der Waals surface area contributed by atoms with E-state index in [2.05, 4.69) is 5.32 Å². The third-order valence-electron chi connectivity index (χ3n) is 3.06. The molecule has 0 saturated heterocycles. The molecule has 3 rings (SSSR count). The summed E-state index contributed by atoms with van der Waals surface area (Å²) in [5.41, 5.74) is 2.53. The summed E-state index contributed by atoms with van der Waals surface area (Å²) in [6.45, 7) is 1.92. The Labute approximate surface area is 99.2 Å². The highest BCUT2D eigenvalue weighted by atomic mass is 17.2. The van der Waals surface area contributed by atoms with E-state index < -0.39 is 0 Å². The fourth-order valence-electron chi connectivity index (χ4n) is 2.18. The second-order valence-electron chi connectivity index (χ2n) is 4.13. The lowest BCUT2D eigenvalue weighted by atomic mass is 9.96. The van der Waals surface area contributed by atoms with Crippen LogP contribution in [-0.4, -0.2) is 25.5 Å². The third kappa shape index (κ3) is 1.85. The molecular formula is C13H13NO3. The van der Waals surface area contributed by atoms with Crippen molar-refractivity contribution < 1.29 is 14.6 Å². The van der Waals surface area contributed by atoms with Gasteiger partial charge in [-0.15, -0.1) is 0 Å². The SMILES string of the molecule is O=C(C1=CCNC1)c1cccc2c1CCOO2. The van der Waals surface area contributed by atoms with Gasteiger partial charge in [-0.3, -0.25) is 4.79 Å². The first-order valence-electron chi connectivity index (χ1n) is 5.72. The fourth-order valence-corrected chi connectivity index (χ4v) is 2.18. The summed E-state index contributed by atoms with van der Waals surface area (Å²) in [6.07, 6.45) is 2.67. The number of fused-ring (bicyclic) bond motifs is 1. The number of ketones is 1. The second kappa shape index (κ2) is 4.31. The fraction of sp³-hybridized carbons (Fsp3) is 0.308. The standard InChI is InChI=1S/C13H13NO3/c15-13(9-4-6-14-8-9)11-2-1-3-12-10(11)5-7-16-17-12/h1-4,14H,5-8H2. The highest BCUT2D eigenvalue weighted by Gasteiger charge is 2.22. The molecule has 2 heterocycles. The van der Waals surface area contributed by atoms with Crippen molar-refractivity contribution in [2.24, 2.45) is 0 Å². The van der Waals surface area contributed by atoms with Crippen LogP contribution >= 0.6 is 0 Å². The van der Waals surface area contributed by atoms with Gasteiger partial charge < -0.3 is 10.2 Å². The molecule has 0 aromatic heterocycles. The Hall–Kier alpha value is -1.65. The first-order chi connectivity index (χ1) is 8.36. The second-order valence-corrected chi connectivity index (χ2v) is 4.13. The summed E-state index contributed by atoms with van der Waals surface area (Å²) in [7, 11) is 0. The normalized spacial score (nSPS) is 18.2. The van der Waals surface area contributed by atoms with Gasteiger partial charge in [0, 0.05) is 36.2 Å². The molecule has 0 atom stereocenters. The molecule has 0 saturated carbocycles. The van der Waals surface area contributed by atoms with E-state index in [9.17, 15) is 4.79 Å². The van der Waals surface area contributed by atoms with Crippen molar-refractivity contribution in [1.29, 1.82) is 0 Å². The highest BCUT2D eigenvalue weighted by Crippen LogP contribution is 2.28. The van der Waals surface area contributed by atoms with E-state index in [0.29, 0.717) is 18.9 Å². The summed E-state index contributed by atoms with van der Waals surface area (Å²) < 4.78 is 0. The van der Waals surface area contributed by atoms with Crippen molar-refractivity contribution in [2.45, 2.75) is 6.42 Å².